The highest BCUT2D eigenvalue weighted by Gasteiger charge is 2.31. The van der Waals surface area contributed by atoms with Crippen LogP contribution in [0, 0.1) is 13.8 Å². The topological polar surface area (TPSA) is 108 Å². The lowest BCUT2D eigenvalue weighted by Crippen LogP contribution is -2.25. The van der Waals surface area contributed by atoms with Gasteiger partial charge in [-0.3, -0.25) is 14.9 Å². The molecule has 1 aromatic heterocycles. The van der Waals surface area contributed by atoms with Gasteiger partial charge in [-0.25, -0.2) is 4.98 Å². The molecule has 1 aliphatic rings. The number of aromatic nitrogens is 2. The molecule has 8 nitrogen and oxygen atoms in total. The van der Waals surface area contributed by atoms with E-state index in [0.29, 0.717) is 24.5 Å². The number of nitrogens with one attached hydrogen (secondary N) is 1. The molecule has 0 aliphatic carbocycles. The number of imidazole rings is 1. The van der Waals surface area contributed by atoms with Crippen LogP contribution in [0.4, 0.5) is 10.5 Å². The van der Waals surface area contributed by atoms with Gasteiger partial charge in [0.2, 0.25) is 5.91 Å². The number of halogens is 2. The Morgan fingerprint density at radius 1 is 0.974 bits per heavy atom. The van der Waals surface area contributed by atoms with Gasteiger partial charge in [-0.1, -0.05) is 23.9 Å². The monoisotopic (exact) mass is 574 g/mol. The molecule has 1 unspecified atom stereocenters. The second-order valence-electron chi connectivity index (χ2n) is 8.83. The van der Waals surface area contributed by atoms with Gasteiger partial charge in [0.25, 0.3) is 5.24 Å². The van der Waals surface area contributed by atoms with Crippen LogP contribution in [-0.2, 0) is 24.9 Å². The van der Waals surface area contributed by atoms with Gasteiger partial charge < -0.3 is 19.8 Å². The zero-order valence-electron chi connectivity index (χ0n) is 21.0. The summed E-state index contributed by atoms with van der Waals surface area (Å²) >= 11 is 1.03. The van der Waals surface area contributed by atoms with Gasteiger partial charge in [-0.2, -0.15) is 0 Å². The third kappa shape index (κ3) is 6.18. The van der Waals surface area contributed by atoms with Crippen LogP contribution >= 0.6 is 36.6 Å². The normalized spacial score (nSPS) is 14.6. The SMILES string of the molecule is Cc1cc(Oc2ccc3nc(COc4ccc(CC5SC(=O)NC5=O)cc4)n(C)c3c2)cc(C)c1N.Cl.Cl. The predicted octanol–water partition coefficient (Wildman–Crippen LogP) is 5.88. The number of carbonyl (C=O) groups is 2. The molecule has 2 heterocycles. The average Bonchev–Trinajstić information content (AvgIpc) is 3.34. The van der Waals surface area contributed by atoms with Crippen molar-refractivity contribution < 1.29 is 19.1 Å². The molecule has 1 atom stereocenters. The van der Waals surface area contributed by atoms with Gasteiger partial charge in [-0.05, 0) is 73.4 Å². The van der Waals surface area contributed by atoms with E-state index in [9.17, 15) is 9.59 Å². The van der Waals surface area contributed by atoms with Gasteiger partial charge >= 0.3 is 0 Å². The van der Waals surface area contributed by atoms with E-state index in [1.54, 1.807) is 0 Å². The van der Waals surface area contributed by atoms with Gasteiger partial charge in [0.05, 0.1) is 16.3 Å². The van der Waals surface area contributed by atoms with Crippen molar-refractivity contribution in [3.63, 3.8) is 0 Å². The third-order valence-corrected chi connectivity index (χ3v) is 7.21. The standard InChI is InChI=1S/C27H26N4O4S.2ClH/c1-15-10-20(11-16(2)25(15)28)35-19-8-9-21-22(13-19)31(3)24(29-21)14-34-18-6-4-17(5-7-18)12-23-26(32)30-27(33)36-23;;/h4-11,13,23H,12,14,28H2,1-3H3,(H,30,32,33);2*1H. The molecule has 200 valence electrons. The highest BCUT2D eigenvalue weighted by atomic mass is 35.5. The van der Waals surface area contributed by atoms with E-state index in [1.165, 1.54) is 0 Å². The first kappa shape index (κ1) is 29.2. The largest absolute Gasteiger partial charge is 0.486 e. The second-order valence-corrected chi connectivity index (χ2v) is 10.0. The number of imide groups is 1. The lowest BCUT2D eigenvalue weighted by atomic mass is 10.1. The fourth-order valence-corrected chi connectivity index (χ4v) is 5.01. The number of nitrogens with zero attached hydrogens (tertiary/aromatic N) is 2. The number of hydrogen-bond acceptors (Lipinski definition) is 7. The van der Waals surface area contributed by atoms with Crippen molar-refractivity contribution >= 4 is 64.4 Å². The van der Waals surface area contributed by atoms with E-state index < -0.39 is 0 Å². The summed E-state index contributed by atoms with van der Waals surface area (Å²) in [5.74, 6) is 2.70. The Kier molecular flexibility index (Phi) is 9.19. The molecule has 4 aromatic rings. The maximum Gasteiger partial charge on any atom is 0.286 e. The number of nitrogen functional groups attached to an aromatic ring is 1. The summed E-state index contributed by atoms with van der Waals surface area (Å²) in [7, 11) is 1.95. The van der Waals surface area contributed by atoms with Crippen LogP contribution < -0.4 is 20.5 Å². The fourth-order valence-electron chi connectivity index (χ4n) is 4.15. The van der Waals surface area contributed by atoms with Crippen LogP contribution in [0.1, 0.15) is 22.5 Å². The molecule has 0 bridgehead atoms. The summed E-state index contributed by atoms with van der Waals surface area (Å²) < 4.78 is 14.0. The second kappa shape index (κ2) is 12.0. The number of anilines is 1. The molecule has 2 amide bonds. The van der Waals surface area contributed by atoms with Crippen molar-refractivity contribution in [2.24, 2.45) is 7.05 Å². The number of ether oxygens (including phenoxy) is 2. The Morgan fingerprint density at radius 3 is 2.26 bits per heavy atom. The van der Waals surface area contributed by atoms with Crippen molar-refractivity contribution in [1.29, 1.82) is 0 Å². The van der Waals surface area contributed by atoms with Crippen molar-refractivity contribution in [3.05, 3.63) is 77.1 Å². The molecule has 1 aliphatic heterocycles. The molecule has 3 aromatic carbocycles. The number of nitrogens with two attached hydrogens (primary N) is 1. The van der Waals surface area contributed by atoms with Crippen molar-refractivity contribution in [2.45, 2.75) is 32.1 Å². The molecule has 38 heavy (non-hydrogen) atoms. The highest BCUT2D eigenvalue weighted by molar-refractivity contribution is 8.15. The van der Waals surface area contributed by atoms with E-state index in [1.807, 2.05) is 80.1 Å². The van der Waals surface area contributed by atoms with Crippen LogP contribution in [0.15, 0.2) is 54.6 Å². The lowest BCUT2D eigenvalue weighted by Gasteiger charge is -2.11. The van der Waals surface area contributed by atoms with Gasteiger partial charge in [0, 0.05) is 18.8 Å². The molecule has 1 saturated heterocycles. The first-order valence-corrected chi connectivity index (χ1v) is 12.4. The van der Waals surface area contributed by atoms with E-state index in [4.69, 9.17) is 20.2 Å². The third-order valence-electron chi connectivity index (χ3n) is 6.23. The van der Waals surface area contributed by atoms with E-state index in [0.717, 1.165) is 56.7 Å². The molecular weight excluding hydrogens is 547 g/mol. The Morgan fingerprint density at radius 2 is 1.63 bits per heavy atom. The maximum atomic E-state index is 11.8. The smallest absolute Gasteiger partial charge is 0.286 e. The molecule has 3 N–H and O–H groups in total. The lowest BCUT2D eigenvalue weighted by molar-refractivity contribution is -0.118. The quantitative estimate of drug-likeness (QED) is 0.265. The minimum atomic E-state index is -0.383. The molecule has 1 fully saturated rings. The van der Waals surface area contributed by atoms with Crippen LogP contribution in [0.25, 0.3) is 11.0 Å². The Bertz CT molecular complexity index is 1470. The molecular formula is C27H28Cl2N4O4S. The van der Waals surface area contributed by atoms with E-state index in [-0.39, 0.29) is 41.2 Å². The van der Waals surface area contributed by atoms with E-state index >= 15 is 0 Å². The summed E-state index contributed by atoms with van der Waals surface area (Å²) in [5.41, 5.74) is 11.6. The summed E-state index contributed by atoms with van der Waals surface area (Å²) in [6.45, 7) is 4.23. The molecule has 5 rings (SSSR count). The van der Waals surface area contributed by atoms with Crippen molar-refractivity contribution in [1.82, 2.24) is 14.9 Å². The number of fused-ring (bicyclic) bond motifs is 1. The molecule has 0 saturated carbocycles. The summed E-state index contributed by atoms with van der Waals surface area (Å²) in [4.78, 5) is 27.8. The van der Waals surface area contributed by atoms with Crippen LogP contribution in [0.3, 0.4) is 0 Å². The van der Waals surface area contributed by atoms with Crippen molar-refractivity contribution in [2.75, 3.05) is 5.73 Å². The van der Waals surface area contributed by atoms with E-state index in [2.05, 4.69) is 5.32 Å². The average molecular weight is 576 g/mol. The summed E-state index contributed by atoms with van der Waals surface area (Å²) in [6, 6.07) is 17.2. The number of rotatable bonds is 7. The number of benzene rings is 3. The highest BCUT2D eigenvalue weighted by Crippen LogP contribution is 2.30. The first-order chi connectivity index (χ1) is 17.3. The number of amides is 2. The Hall–Kier alpha value is -3.40. The zero-order valence-corrected chi connectivity index (χ0v) is 23.5. The minimum absolute atomic E-state index is 0. The number of carbonyl (C=O) groups excluding carboxylic acids is 2. The van der Waals surface area contributed by atoms with Crippen LogP contribution in [-0.4, -0.2) is 25.9 Å². The minimum Gasteiger partial charge on any atom is -0.486 e. The number of hydrogen-bond donors (Lipinski definition) is 2. The molecule has 11 heteroatoms. The Labute approximate surface area is 237 Å². The van der Waals surface area contributed by atoms with Gasteiger partial charge in [0.15, 0.2) is 0 Å². The maximum absolute atomic E-state index is 11.8. The molecule has 0 spiro atoms. The Balaban J connectivity index is 0.00000200. The fraction of sp³-hybridized carbons (Fsp3) is 0.222. The summed E-state index contributed by atoms with van der Waals surface area (Å²) in [6.07, 6.45) is 0.493. The van der Waals surface area contributed by atoms with Gasteiger partial charge in [0.1, 0.15) is 29.7 Å². The predicted molar refractivity (Wildman–Crippen MR) is 155 cm³/mol. The number of aryl methyl sites for hydroxylation is 3. The van der Waals surface area contributed by atoms with Gasteiger partial charge in [-0.15, -0.1) is 24.8 Å². The summed E-state index contributed by atoms with van der Waals surface area (Å²) in [5, 5.41) is 1.64. The van der Waals surface area contributed by atoms with Crippen LogP contribution in [0.2, 0.25) is 0 Å². The number of thioether (sulfide) groups is 1. The first-order valence-electron chi connectivity index (χ1n) is 11.5. The zero-order chi connectivity index (χ0) is 25.4. The van der Waals surface area contributed by atoms with Crippen LogP contribution in [0.5, 0.6) is 17.2 Å². The molecule has 0 radical (unpaired) electrons. The van der Waals surface area contributed by atoms with Crippen molar-refractivity contribution in [3.8, 4) is 17.2 Å².